The van der Waals surface area contributed by atoms with E-state index < -0.39 is 15.6 Å². The van der Waals surface area contributed by atoms with Crippen molar-refractivity contribution in [3.05, 3.63) is 39.9 Å². The number of rotatable bonds is 5. The van der Waals surface area contributed by atoms with Crippen LogP contribution in [0, 0.1) is 0 Å². The molecule has 1 fully saturated rings. The molecule has 0 bridgehead atoms. The maximum atomic E-state index is 13.2. The van der Waals surface area contributed by atoms with Crippen molar-refractivity contribution >= 4 is 36.8 Å². The van der Waals surface area contributed by atoms with Gasteiger partial charge in [-0.05, 0) is 43.0 Å². The fourth-order valence-corrected chi connectivity index (χ4v) is 6.49. The second kappa shape index (κ2) is 8.05. The first-order chi connectivity index (χ1) is 12.8. The van der Waals surface area contributed by atoms with Crippen molar-refractivity contribution in [2.45, 2.75) is 57.9 Å². The van der Waals surface area contributed by atoms with Crippen LogP contribution in [0.5, 0.6) is 0 Å². The fraction of sp³-hybridized carbons (Fsp3) is 0.550. The van der Waals surface area contributed by atoms with Crippen molar-refractivity contribution in [3.8, 4) is 0 Å². The number of hydrogen-bond acceptors (Lipinski definition) is 3. The first-order valence-electron chi connectivity index (χ1n) is 9.64. The number of halogens is 1. The van der Waals surface area contributed by atoms with Gasteiger partial charge in [0.05, 0.1) is 10.4 Å². The third-order valence-corrected chi connectivity index (χ3v) is 7.86. The highest BCUT2D eigenvalue weighted by Gasteiger charge is 2.49. The minimum absolute atomic E-state index is 0.0513. The van der Waals surface area contributed by atoms with E-state index in [1.54, 1.807) is 4.90 Å². The van der Waals surface area contributed by atoms with Crippen molar-refractivity contribution in [2.24, 2.45) is 0 Å². The van der Waals surface area contributed by atoms with E-state index in [0.717, 1.165) is 42.1 Å². The number of carbonyl (C=O) groups excluding carboxylic acids is 1. The topological polar surface area (TPSA) is 66.5 Å². The van der Waals surface area contributed by atoms with Crippen LogP contribution in [0.15, 0.2) is 34.3 Å². The zero-order chi connectivity index (χ0) is 19.7. The van der Waals surface area contributed by atoms with Crippen LogP contribution in [-0.4, -0.2) is 37.9 Å². The average molecular weight is 455 g/mol. The van der Waals surface area contributed by atoms with Gasteiger partial charge in [0.1, 0.15) is 0 Å². The van der Waals surface area contributed by atoms with E-state index in [-0.39, 0.29) is 5.91 Å². The van der Waals surface area contributed by atoms with E-state index in [4.69, 9.17) is 0 Å². The first kappa shape index (κ1) is 20.6. The Morgan fingerprint density at radius 3 is 2.33 bits per heavy atom. The minimum Gasteiger partial charge on any atom is -0.339 e. The van der Waals surface area contributed by atoms with Gasteiger partial charge < -0.3 is 4.90 Å². The Morgan fingerprint density at radius 2 is 1.78 bits per heavy atom. The van der Waals surface area contributed by atoms with Gasteiger partial charge in [-0.3, -0.25) is 4.79 Å². The molecule has 0 saturated heterocycles. The second-order valence-corrected chi connectivity index (χ2v) is 9.86. The normalized spacial score (nSPS) is 20.9. The number of nitrogens with one attached hydrogen (secondary N) is 1. The van der Waals surface area contributed by atoms with Crippen molar-refractivity contribution in [2.75, 3.05) is 13.1 Å². The van der Waals surface area contributed by atoms with Crippen LogP contribution >= 0.6 is 15.9 Å². The maximum absolute atomic E-state index is 13.2. The molecular formula is C20H27BrN2O3S. The summed E-state index contributed by atoms with van der Waals surface area (Å²) in [5, 5.41) is 0. The van der Waals surface area contributed by atoms with Crippen LogP contribution in [0.1, 0.15) is 57.9 Å². The molecule has 1 aromatic carbocycles. The number of benzene rings is 1. The lowest BCUT2D eigenvalue weighted by Gasteiger charge is -2.37. The van der Waals surface area contributed by atoms with Crippen molar-refractivity contribution < 1.29 is 13.2 Å². The predicted octanol–water partition coefficient (Wildman–Crippen LogP) is 4.05. The number of likely N-dealkylation sites (N-methyl/N-ethyl adjacent to an activating group) is 1. The summed E-state index contributed by atoms with van der Waals surface area (Å²) in [5.41, 5.74) is 0.984. The average Bonchev–Trinajstić information content (AvgIpc) is 2.86. The van der Waals surface area contributed by atoms with Crippen LogP contribution < -0.4 is 4.72 Å². The summed E-state index contributed by atoms with van der Waals surface area (Å²) in [6, 6.07) is 7.38. The van der Waals surface area contributed by atoms with Gasteiger partial charge in [-0.15, -0.1) is 0 Å². The fourth-order valence-electron chi connectivity index (χ4n) is 4.25. The molecule has 1 aromatic rings. The lowest BCUT2D eigenvalue weighted by molar-refractivity contribution is -0.130. The summed E-state index contributed by atoms with van der Waals surface area (Å²) in [6.07, 6.45) is 5.11. The van der Waals surface area contributed by atoms with E-state index in [1.807, 2.05) is 38.1 Å². The summed E-state index contributed by atoms with van der Waals surface area (Å²) in [6.45, 7) is 4.72. The molecule has 1 N–H and O–H groups in total. The Hall–Kier alpha value is -1.18. The molecule has 1 heterocycles. The van der Waals surface area contributed by atoms with Crippen LogP contribution in [0.3, 0.4) is 0 Å². The predicted molar refractivity (Wildman–Crippen MR) is 111 cm³/mol. The number of amides is 1. The summed E-state index contributed by atoms with van der Waals surface area (Å²) in [7, 11) is -3.62. The molecule has 27 heavy (non-hydrogen) atoms. The molecule has 148 valence electrons. The maximum Gasteiger partial charge on any atom is 0.242 e. The molecule has 1 aliphatic carbocycles. The van der Waals surface area contributed by atoms with Gasteiger partial charge in [0.15, 0.2) is 0 Å². The van der Waals surface area contributed by atoms with E-state index in [0.29, 0.717) is 30.0 Å². The number of sulfonamides is 1. The molecule has 0 aromatic heterocycles. The lowest BCUT2D eigenvalue weighted by atomic mass is 9.76. The van der Waals surface area contributed by atoms with Crippen LogP contribution in [0.4, 0.5) is 0 Å². The zero-order valence-electron chi connectivity index (χ0n) is 15.9. The molecule has 5 nitrogen and oxygen atoms in total. The van der Waals surface area contributed by atoms with Gasteiger partial charge in [-0.2, -0.15) is 0 Å². The Bertz CT molecular complexity index is 840. The third kappa shape index (κ3) is 4.00. The smallest absolute Gasteiger partial charge is 0.242 e. The zero-order valence-corrected chi connectivity index (χ0v) is 18.3. The number of nitrogens with zero attached hydrogens (tertiary/aromatic N) is 1. The van der Waals surface area contributed by atoms with Gasteiger partial charge in [0.25, 0.3) is 0 Å². The highest BCUT2D eigenvalue weighted by molar-refractivity contribution is 9.10. The number of carbonyl (C=O) groups is 1. The largest absolute Gasteiger partial charge is 0.339 e. The van der Waals surface area contributed by atoms with Gasteiger partial charge in [-0.1, -0.05) is 54.2 Å². The monoisotopic (exact) mass is 454 g/mol. The van der Waals surface area contributed by atoms with E-state index in [9.17, 15) is 13.2 Å². The van der Waals surface area contributed by atoms with Crippen LogP contribution in [-0.2, 0) is 14.8 Å². The van der Waals surface area contributed by atoms with Gasteiger partial charge in [0, 0.05) is 24.0 Å². The Morgan fingerprint density at radius 1 is 1.15 bits per heavy atom. The Balaban J connectivity index is 2.16. The molecular weight excluding hydrogens is 428 g/mol. The van der Waals surface area contributed by atoms with E-state index in [1.165, 1.54) is 0 Å². The molecule has 0 radical (unpaired) electrons. The SMILES string of the molecule is CCC(=O)N(CC)CC1=C(c2ccc(Br)cc2)S(=O)(=O)NC12CCCCC2. The lowest BCUT2D eigenvalue weighted by Crippen LogP contribution is -2.48. The highest BCUT2D eigenvalue weighted by atomic mass is 79.9. The molecule has 3 rings (SSSR count). The Labute approximate surface area is 170 Å². The summed E-state index contributed by atoms with van der Waals surface area (Å²) in [5.74, 6) is 0.0513. The molecule has 1 saturated carbocycles. The van der Waals surface area contributed by atoms with E-state index >= 15 is 0 Å². The van der Waals surface area contributed by atoms with E-state index in [2.05, 4.69) is 20.7 Å². The molecule has 1 spiro atoms. The van der Waals surface area contributed by atoms with Gasteiger partial charge in [0.2, 0.25) is 15.9 Å². The molecule has 2 aliphatic rings. The summed E-state index contributed by atoms with van der Waals surface area (Å²) in [4.78, 5) is 14.5. The molecule has 1 amide bonds. The van der Waals surface area contributed by atoms with Gasteiger partial charge in [-0.25, -0.2) is 13.1 Å². The first-order valence-corrected chi connectivity index (χ1v) is 11.9. The van der Waals surface area contributed by atoms with Crippen LogP contribution in [0.25, 0.3) is 4.91 Å². The van der Waals surface area contributed by atoms with Gasteiger partial charge >= 0.3 is 0 Å². The molecule has 7 heteroatoms. The molecule has 0 atom stereocenters. The summed E-state index contributed by atoms with van der Waals surface area (Å²) < 4.78 is 30.2. The van der Waals surface area contributed by atoms with Crippen molar-refractivity contribution in [3.63, 3.8) is 0 Å². The minimum atomic E-state index is -3.62. The third-order valence-electron chi connectivity index (χ3n) is 5.65. The second-order valence-electron chi connectivity index (χ2n) is 7.32. The van der Waals surface area contributed by atoms with Crippen LogP contribution in [0.2, 0.25) is 0 Å². The number of hydrogen-bond donors (Lipinski definition) is 1. The quantitative estimate of drug-likeness (QED) is 0.729. The van der Waals surface area contributed by atoms with Crippen molar-refractivity contribution in [1.82, 2.24) is 9.62 Å². The molecule has 1 aliphatic heterocycles. The van der Waals surface area contributed by atoms with Crippen molar-refractivity contribution in [1.29, 1.82) is 0 Å². The highest BCUT2D eigenvalue weighted by Crippen LogP contribution is 2.45. The molecule has 0 unspecified atom stereocenters. The standard InChI is InChI=1S/C20H27BrN2O3S/c1-3-18(24)23(4-2)14-17-19(15-8-10-16(21)11-9-15)27(25,26)22-20(17)12-6-5-7-13-20/h8-11,22H,3-7,12-14H2,1-2H3. The summed E-state index contributed by atoms with van der Waals surface area (Å²) >= 11 is 3.41. The Kier molecular flexibility index (Phi) is 6.13.